The molecule has 39 heavy (non-hydrogen) atoms. The largest absolute Gasteiger partial charge is 0.366 e. The van der Waals surface area contributed by atoms with E-state index in [0.717, 1.165) is 42.7 Å². The molecule has 1 aliphatic heterocycles. The first-order valence-corrected chi connectivity index (χ1v) is 13.7. The summed E-state index contributed by atoms with van der Waals surface area (Å²) in [4.78, 5) is 29.5. The maximum atomic E-state index is 13.7. The number of nitrogens with one attached hydrogen (secondary N) is 2. The SMILES string of the molecule is CC[C@@H](C)NC(=O)c1cc(NC(=O)C(c2ccccc2)c2ccccc2)ccc1N1CCc2ccccc2C1. The number of fused-ring (bicyclic) bond motifs is 1. The van der Waals surface area contributed by atoms with E-state index in [-0.39, 0.29) is 17.9 Å². The predicted molar refractivity (Wildman–Crippen MR) is 158 cm³/mol. The van der Waals surface area contributed by atoms with Gasteiger partial charge in [0, 0.05) is 30.5 Å². The Bertz CT molecular complexity index is 1400. The van der Waals surface area contributed by atoms with Crippen molar-refractivity contribution < 1.29 is 9.59 Å². The lowest BCUT2D eigenvalue weighted by Crippen LogP contribution is -2.36. The number of carbonyl (C=O) groups is 2. The van der Waals surface area contributed by atoms with Gasteiger partial charge in [-0.05, 0) is 60.2 Å². The van der Waals surface area contributed by atoms with Crippen LogP contribution in [0.1, 0.15) is 58.8 Å². The third-order valence-corrected chi connectivity index (χ3v) is 7.50. The molecule has 1 aliphatic rings. The van der Waals surface area contributed by atoms with Gasteiger partial charge in [0.2, 0.25) is 5.91 Å². The van der Waals surface area contributed by atoms with Crippen molar-refractivity contribution in [2.75, 3.05) is 16.8 Å². The van der Waals surface area contributed by atoms with E-state index in [2.05, 4.69) is 46.7 Å². The molecule has 0 bridgehead atoms. The maximum Gasteiger partial charge on any atom is 0.253 e. The van der Waals surface area contributed by atoms with Crippen molar-refractivity contribution in [3.63, 3.8) is 0 Å². The van der Waals surface area contributed by atoms with Crippen LogP contribution >= 0.6 is 0 Å². The first-order chi connectivity index (χ1) is 19.0. The summed E-state index contributed by atoms with van der Waals surface area (Å²) in [6, 6.07) is 33.8. The molecule has 4 aromatic rings. The number of rotatable bonds is 8. The third-order valence-electron chi connectivity index (χ3n) is 7.50. The van der Waals surface area contributed by atoms with Gasteiger partial charge >= 0.3 is 0 Å². The van der Waals surface area contributed by atoms with Gasteiger partial charge in [-0.3, -0.25) is 9.59 Å². The van der Waals surface area contributed by atoms with Crippen LogP contribution in [0.3, 0.4) is 0 Å². The zero-order valence-electron chi connectivity index (χ0n) is 22.6. The Morgan fingerprint density at radius 2 is 1.44 bits per heavy atom. The third kappa shape index (κ3) is 6.04. The normalized spacial score (nSPS) is 13.5. The molecule has 0 aromatic heterocycles. The smallest absolute Gasteiger partial charge is 0.253 e. The van der Waals surface area contributed by atoms with Crippen molar-refractivity contribution >= 4 is 23.2 Å². The molecule has 0 saturated carbocycles. The Labute approximate surface area is 230 Å². The number of hydrogen-bond donors (Lipinski definition) is 2. The van der Waals surface area contributed by atoms with E-state index in [0.29, 0.717) is 11.3 Å². The second-order valence-electron chi connectivity index (χ2n) is 10.2. The van der Waals surface area contributed by atoms with Crippen molar-refractivity contribution in [3.8, 4) is 0 Å². The van der Waals surface area contributed by atoms with Crippen LogP contribution in [0.15, 0.2) is 103 Å². The summed E-state index contributed by atoms with van der Waals surface area (Å²) >= 11 is 0. The van der Waals surface area contributed by atoms with Gasteiger partial charge in [0.05, 0.1) is 11.5 Å². The highest BCUT2D eigenvalue weighted by atomic mass is 16.2. The van der Waals surface area contributed by atoms with Crippen molar-refractivity contribution in [2.45, 2.75) is 45.2 Å². The predicted octanol–water partition coefficient (Wildman–Crippen LogP) is 6.55. The van der Waals surface area contributed by atoms with Crippen molar-refractivity contribution in [2.24, 2.45) is 0 Å². The summed E-state index contributed by atoms with van der Waals surface area (Å²) in [6.45, 7) is 5.63. The molecule has 198 valence electrons. The summed E-state index contributed by atoms with van der Waals surface area (Å²) in [7, 11) is 0. The summed E-state index contributed by atoms with van der Waals surface area (Å²) in [5.41, 5.74) is 6.53. The van der Waals surface area contributed by atoms with E-state index in [4.69, 9.17) is 0 Å². The molecule has 1 atom stereocenters. The summed E-state index contributed by atoms with van der Waals surface area (Å²) in [5.74, 6) is -0.736. The maximum absolute atomic E-state index is 13.7. The Balaban J connectivity index is 1.46. The second kappa shape index (κ2) is 12.0. The van der Waals surface area contributed by atoms with Gasteiger partial charge in [-0.1, -0.05) is 91.9 Å². The van der Waals surface area contributed by atoms with Crippen LogP contribution < -0.4 is 15.5 Å². The minimum atomic E-state index is -0.469. The monoisotopic (exact) mass is 517 g/mol. The lowest BCUT2D eigenvalue weighted by Gasteiger charge is -2.32. The van der Waals surface area contributed by atoms with E-state index in [1.54, 1.807) is 0 Å². The Morgan fingerprint density at radius 3 is 2.08 bits per heavy atom. The molecule has 1 heterocycles. The zero-order chi connectivity index (χ0) is 27.2. The molecule has 5 rings (SSSR count). The minimum Gasteiger partial charge on any atom is -0.366 e. The van der Waals surface area contributed by atoms with E-state index in [1.165, 1.54) is 11.1 Å². The van der Waals surface area contributed by atoms with Gasteiger partial charge in [0.1, 0.15) is 0 Å². The molecule has 0 fully saturated rings. The van der Waals surface area contributed by atoms with Crippen LogP contribution in [0, 0.1) is 0 Å². The van der Waals surface area contributed by atoms with Gasteiger partial charge in [-0.2, -0.15) is 0 Å². The Hall–Kier alpha value is -4.38. The van der Waals surface area contributed by atoms with Crippen LogP contribution in [0.5, 0.6) is 0 Å². The van der Waals surface area contributed by atoms with Crippen LogP contribution in [0.2, 0.25) is 0 Å². The van der Waals surface area contributed by atoms with E-state index in [9.17, 15) is 9.59 Å². The molecule has 0 saturated heterocycles. The zero-order valence-corrected chi connectivity index (χ0v) is 22.6. The number of amides is 2. The van der Waals surface area contributed by atoms with Crippen LogP contribution in [0.25, 0.3) is 0 Å². The van der Waals surface area contributed by atoms with Gasteiger partial charge in [-0.25, -0.2) is 0 Å². The molecule has 2 amide bonds. The Kier molecular flexibility index (Phi) is 8.07. The van der Waals surface area contributed by atoms with Crippen LogP contribution in [-0.4, -0.2) is 24.4 Å². The van der Waals surface area contributed by atoms with Crippen molar-refractivity contribution in [3.05, 3.63) is 131 Å². The van der Waals surface area contributed by atoms with Gasteiger partial charge in [-0.15, -0.1) is 0 Å². The summed E-state index contributed by atoms with van der Waals surface area (Å²) < 4.78 is 0. The van der Waals surface area contributed by atoms with E-state index >= 15 is 0 Å². The fraction of sp³-hybridized carbons (Fsp3) is 0.235. The topological polar surface area (TPSA) is 61.4 Å². The summed E-state index contributed by atoms with van der Waals surface area (Å²) in [6.07, 6.45) is 1.77. The lowest BCUT2D eigenvalue weighted by atomic mass is 9.90. The number of carbonyl (C=O) groups excluding carboxylic acids is 2. The molecule has 5 heteroatoms. The number of nitrogens with zero attached hydrogens (tertiary/aromatic N) is 1. The van der Waals surface area contributed by atoms with Crippen molar-refractivity contribution in [1.82, 2.24) is 5.32 Å². The van der Waals surface area contributed by atoms with Crippen LogP contribution in [-0.2, 0) is 17.8 Å². The number of anilines is 2. The van der Waals surface area contributed by atoms with Gasteiger partial charge in [0.25, 0.3) is 5.91 Å². The van der Waals surface area contributed by atoms with E-state index in [1.807, 2.05) is 85.8 Å². The minimum absolute atomic E-state index is 0.0474. The molecule has 0 spiro atoms. The fourth-order valence-corrected chi connectivity index (χ4v) is 5.18. The Morgan fingerprint density at radius 1 is 0.821 bits per heavy atom. The average molecular weight is 518 g/mol. The highest BCUT2D eigenvalue weighted by molar-refractivity contribution is 6.03. The summed E-state index contributed by atoms with van der Waals surface area (Å²) in [5, 5.41) is 6.23. The molecule has 0 unspecified atom stereocenters. The molecule has 0 radical (unpaired) electrons. The van der Waals surface area contributed by atoms with Gasteiger partial charge < -0.3 is 15.5 Å². The molecule has 5 nitrogen and oxygen atoms in total. The van der Waals surface area contributed by atoms with Crippen LogP contribution in [0.4, 0.5) is 11.4 Å². The highest BCUT2D eigenvalue weighted by Gasteiger charge is 2.25. The standard InChI is InChI=1S/C34H35N3O2/c1-3-24(2)35-33(38)30-22-29(18-19-31(30)37-21-20-25-12-10-11-17-28(25)23-37)36-34(39)32(26-13-6-4-7-14-26)27-15-8-5-9-16-27/h4-19,22,24,32H,3,20-21,23H2,1-2H3,(H,35,38)(H,36,39)/t24-/m1/s1. The molecular formula is C34H35N3O2. The lowest BCUT2D eigenvalue weighted by molar-refractivity contribution is -0.116. The molecule has 2 N–H and O–H groups in total. The number of hydrogen-bond acceptors (Lipinski definition) is 3. The second-order valence-corrected chi connectivity index (χ2v) is 10.2. The number of benzene rings is 4. The molecule has 4 aromatic carbocycles. The first-order valence-electron chi connectivity index (χ1n) is 13.7. The van der Waals surface area contributed by atoms with E-state index < -0.39 is 5.92 Å². The van der Waals surface area contributed by atoms with Crippen molar-refractivity contribution in [1.29, 1.82) is 0 Å². The quantitative estimate of drug-likeness (QED) is 0.279. The van der Waals surface area contributed by atoms with Gasteiger partial charge in [0.15, 0.2) is 0 Å². The average Bonchev–Trinajstić information content (AvgIpc) is 2.98. The fourth-order valence-electron chi connectivity index (χ4n) is 5.18. The molecule has 0 aliphatic carbocycles. The molecular weight excluding hydrogens is 482 g/mol. The highest BCUT2D eigenvalue weighted by Crippen LogP contribution is 2.31. The first kappa shape index (κ1) is 26.2.